The smallest absolute Gasteiger partial charge is 0.109 e. The highest BCUT2D eigenvalue weighted by molar-refractivity contribution is 4.27. The monoisotopic (exact) mass is 930 g/mol. The average molecular weight is 931 g/mol. The van der Waals surface area contributed by atoms with Gasteiger partial charge in [0.1, 0.15) is 185 Å². The van der Waals surface area contributed by atoms with Gasteiger partial charge in [-0.05, 0) is 0 Å². The van der Waals surface area contributed by atoms with Crippen LogP contribution in [0.15, 0.2) is 0 Å². The van der Waals surface area contributed by atoms with Crippen LogP contribution in [0.1, 0.15) is 0 Å². The molecule has 0 saturated heterocycles. The molecule has 0 unspecified atom stereocenters. The zero-order valence-electron chi connectivity index (χ0n) is 35.5. The van der Waals surface area contributed by atoms with Crippen molar-refractivity contribution in [3.8, 4) is 0 Å². The van der Waals surface area contributed by atoms with E-state index in [1.54, 1.807) is 14.2 Å². The zero-order chi connectivity index (χ0) is 44.4. The summed E-state index contributed by atoms with van der Waals surface area (Å²) in [6.45, 7) is 4.98. The zero-order valence-corrected chi connectivity index (χ0v) is 35.5. The molecule has 0 aromatic rings. The van der Waals surface area contributed by atoms with Crippen LogP contribution in [0.4, 0.5) is 0 Å². The second-order valence-corrected chi connectivity index (χ2v) is 10.0. The summed E-state index contributed by atoms with van der Waals surface area (Å²) < 4.78 is 9.59. The Morgan fingerprint density at radius 2 is 0.177 bits per heavy atom. The van der Waals surface area contributed by atoms with Crippen molar-refractivity contribution >= 4 is 0 Å². The van der Waals surface area contributed by atoms with Crippen LogP contribution in [-0.4, -0.2) is 212 Å². The highest BCUT2D eigenvalue weighted by atomic mass is 17.3. The lowest BCUT2D eigenvalue weighted by Crippen LogP contribution is -2.13. The Morgan fingerprint density at radius 3 is 0.242 bits per heavy atom. The summed E-state index contributed by atoms with van der Waals surface area (Å²) >= 11 is 0. The van der Waals surface area contributed by atoms with Crippen LogP contribution in [-0.2, 0) is 146 Å². The van der Waals surface area contributed by atoms with Gasteiger partial charge in [0.25, 0.3) is 0 Å². The normalized spacial score (nSPS) is 11.7. The van der Waals surface area contributed by atoms with Crippen LogP contribution in [0.2, 0.25) is 0 Å². The highest BCUT2D eigenvalue weighted by Crippen LogP contribution is 1.92. The van der Waals surface area contributed by atoms with Crippen LogP contribution >= 0.6 is 0 Å². The predicted molar refractivity (Wildman–Crippen MR) is 190 cm³/mol. The average Bonchev–Trinajstić information content (AvgIpc) is 3.28. The minimum Gasteiger partial charge on any atom is -0.382 e. The molecule has 0 spiro atoms. The minimum absolute atomic E-state index is 0.106. The molecule has 0 bridgehead atoms. The largest absolute Gasteiger partial charge is 0.382 e. The molecular formula is C32H66O30. The van der Waals surface area contributed by atoms with E-state index in [0.29, 0.717) is 26.4 Å². The summed E-state index contributed by atoms with van der Waals surface area (Å²) in [6.07, 6.45) is 0. The lowest BCUT2D eigenvalue weighted by atomic mass is 10.8. The van der Waals surface area contributed by atoms with Gasteiger partial charge in [0.05, 0.1) is 13.2 Å². The maximum absolute atomic E-state index is 4.90. The number of hydrogen-bond donors (Lipinski definition) is 0. The molecule has 0 heterocycles. The van der Waals surface area contributed by atoms with E-state index in [1.165, 1.54) is 0 Å². The van der Waals surface area contributed by atoms with E-state index in [1.807, 2.05) is 0 Å². The first-order valence-electron chi connectivity index (χ1n) is 19.3. The maximum atomic E-state index is 4.90. The van der Waals surface area contributed by atoms with E-state index in [0.717, 1.165) is 0 Å². The molecule has 0 aliphatic rings. The van der Waals surface area contributed by atoms with Gasteiger partial charge in [-0.25, -0.2) is 137 Å². The Balaban J connectivity index is 3.06. The van der Waals surface area contributed by atoms with Gasteiger partial charge >= 0.3 is 0 Å². The van der Waals surface area contributed by atoms with Gasteiger partial charge in [-0.15, -0.1) is 0 Å². The molecule has 30 nitrogen and oxygen atoms in total. The Morgan fingerprint density at radius 1 is 0.113 bits per heavy atom. The van der Waals surface area contributed by atoms with Crippen molar-refractivity contribution in [1.82, 2.24) is 0 Å². The molecule has 0 fully saturated rings. The molecule has 0 N–H and O–H groups in total. The first-order valence-corrected chi connectivity index (χ1v) is 19.3. The van der Waals surface area contributed by atoms with Crippen molar-refractivity contribution in [1.29, 1.82) is 0 Å². The van der Waals surface area contributed by atoms with E-state index in [9.17, 15) is 0 Å². The van der Waals surface area contributed by atoms with Gasteiger partial charge in [0.2, 0.25) is 0 Å². The molecule has 0 amide bonds. The lowest BCUT2D eigenvalue weighted by molar-refractivity contribution is -0.381. The van der Waals surface area contributed by atoms with Crippen LogP contribution in [0.25, 0.3) is 0 Å². The van der Waals surface area contributed by atoms with Gasteiger partial charge in [-0.1, -0.05) is 0 Å². The number of hydrogen-bond acceptors (Lipinski definition) is 30. The fourth-order valence-corrected chi connectivity index (χ4v) is 2.77. The summed E-state index contributed by atoms with van der Waals surface area (Å²) in [4.78, 5) is 136. The summed E-state index contributed by atoms with van der Waals surface area (Å²) in [5.74, 6) is 0. The van der Waals surface area contributed by atoms with Gasteiger partial charge in [-0.3, -0.25) is 0 Å². The van der Waals surface area contributed by atoms with E-state index in [-0.39, 0.29) is 172 Å². The van der Waals surface area contributed by atoms with Crippen LogP contribution < -0.4 is 0 Å². The Kier molecular flexibility index (Phi) is 58.6. The molecule has 0 atom stereocenters. The van der Waals surface area contributed by atoms with Gasteiger partial charge in [0, 0.05) is 14.2 Å². The fourth-order valence-electron chi connectivity index (χ4n) is 2.77. The van der Waals surface area contributed by atoms with Crippen molar-refractivity contribution in [2.75, 3.05) is 212 Å². The summed E-state index contributed by atoms with van der Waals surface area (Å²) in [5, 5.41) is 0. The third kappa shape index (κ3) is 58.8. The van der Waals surface area contributed by atoms with Crippen molar-refractivity contribution in [3.63, 3.8) is 0 Å². The third-order valence-corrected chi connectivity index (χ3v) is 5.16. The Hall–Kier alpha value is -1.20. The van der Waals surface area contributed by atoms with E-state index >= 15 is 0 Å². The number of methoxy groups -OCH3 is 2. The SMILES string of the molecule is COCCOOCCOOCCOOCCOOCCOOCCOOCCOOCCOOCCOOCCOOCCOOCCOOCCOOCCOOCCOC. The quantitative estimate of drug-likeness (QED) is 0.0424. The predicted octanol–water partition coefficient (Wildman–Crippen LogP) is -0.446. The fraction of sp³-hybridized carbons (Fsp3) is 1.00. The van der Waals surface area contributed by atoms with E-state index < -0.39 is 0 Å². The van der Waals surface area contributed by atoms with Crippen molar-refractivity contribution in [2.24, 2.45) is 0 Å². The standard InChI is InChI=1S/C32H66O30/c1-33-3-5-35-37-7-9-39-41-11-13-43-45-15-17-47-49-19-21-51-53-23-25-55-57-27-29-59-61-31-32-62-60-30-28-58-56-26-24-54-52-22-20-50-48-18-16-46-44-14-12-42-40-10-8-38-36-6-4-34-2/h3-32H2,1-2H3. The van der Waals surface area contributed by atoms with Crippen LogP contribution in [0.5, 0.6) is 0 Å². The topological polar surface area (TPSA) is 277 Å². The van der Waals surface area contributed by atoms with Gasteiger partial charge < -0.3 is 9.47 Å². The van der Waals surface area contributed by atoms with Crippen molar-refractivity contribution < 1.29 is 146 Å². The molecule has 0 aliphatic carbocycles. The first kappa shape index (κ1) is 60.8. The number of ether oxygens (including phenoxy) is 2. The first-order chi connectivity index (χ1) is 30.9. The molecule has 0 radical (unpaired) electrons. The molecule has 374 valence electrons. The summed E-state index contributed by atoms with van der Waals surface area (Å²) in [5.41, 5.74) is 0. The second-order valence-electron chi connectivity index (χ2n) is 10.0. The molecule has 0 aromatic carbocycles. The van der Waals surface area contributed by atoms with Crippen LogP contribution in [0, 0.1) is 0 Å². The van der Waals surface area contributed by atoms with Gasteiger partial charge in [-0.2, -0.15) is 0 Å². The Bertz CT molecular complexity index is 711. The van der Waals surface area contributed by atoms with Crippen LogP contribution in [0.3, 0.4) is 0 Å². The molecule has 30 heteroatoms. The lowest BCUT2D eigenvalue weighted by Gasteiger charge is -2.07. The van der Waals surface area contributed by atoms with E-state index in [2.05, 4.69) is 0 Å². The molecule has 0 saturated carbocycles. The van der Waals surface area contributed by atoms with Crippen molar-refractivity contribution in [3.05, 3.63) is 0 Å². The van der Waals surface area contributed by atoms with Gasteiger partial charge in [0.15, 0.2) is 0 Å². The molecule has 0 rings (SSSR count). The summed E-state index contributed by atoms with van der Waals surface area (Å²) in [7, 11) is 3.13. The molecular weight excluding hydrogens is 864 g/mol. The maximum Gasteiger partial charge on any atom is 0.109 e. The number of rotatable bonds is 59. The molecule has 0 aromatic heterocycles. The molecule has 0 aliphatic heterocycles. The van der Waals surface area contributed by atoms with Crippen molar-refractivity contribution in [2.45, 2.75) is 0 Å². The minimum atomic E-state index is 0.106. The summed E-state index contributed by atoms with van der Waals surface area (Å²) in [6, 6.07) is 0. The van der Waals surface area contributed by atoms with E-state index in [4.69, 9.17) is 146 Å². The molecule has 62 heavy (non-hydrogen) atoms. The second kappa shape index (κ2) is 59.8. The highest BCUT2D eigenvalue weighted by Gasteiger charge is 2.00. The Labute approximate surface area is 358 Å². The third-order valence-electron chi connectivity index (χ3n) is 5.16.